The molecule has 3 rings (SSSR count). The third-order valence-corrected chi connectivity index (χ3v) is 5.98. The summed E-state index contributed by atoms with van der Waals surface area (Å²) >= 11 is 1.74. The van der Waals surface area contributed by atoms with Crippen LogP contribution in [0.25, 0.3) is 0 Å². The number of hydrogen-bond acceptors (Lipinski definition) is 5. The van der Waals surface area contributed by atoms with Crippen molar-refractivity contribution in [3.8, 4) is 0 Å². The molecule has 0 atom stereocenters. The molecule has 2 aromatic rings. The standard InChI is InChI=1S/C22H34N6S/c1-5-23-21(25-13-9-20-27-18(16-29-20)22(2,3)4)26-17-10-14-28(15-11-17)19-8-6-7-12-24-19/h6-8,12,16-17H,5,9-11,13-15H2,1-4H3,(H2,23,25,26). The first kappa shape index (κ1) is 21.6. The van der Waals surface area contributed by atoms with E-state index in [4.69, 9.17) is 9.98 Å². The number of hydrogen-bond donors (Lipinski definition) is 2. The van der Waals surface area contributed by atoms with Crippen molar-refractivity contribution >= 4 is 23.1 Å². The van der Waals surface area contributed by atoms with E-state index >= 15 is 0 Å². The second-order valence-electron chi connectivity index (χ2n) is 8.48. The van der Waals surface area contributed by atoms with Gasteiger partial charge in [0.05, 0.1) is 10.7 Å². The first-order chi connectivity index (χ1) is 14.0. The van der Waals surface area contributed by atoms with E-state index in [0.29, 0.717) is 6.04 Å². The largest absolute Gasteiger partial charge is 0.357 e. The van der Waals surface area contributed by atoms with E-state index in [2.05, 4.69) is 65.7 Å². The van der Waals surface area contributed by atoms with Gasteiger partial charge in [-0.3, -0.25) is 4.99 Å². The lowest BCUT2D eigenvalue weighted by atomic mass is 9.93. The topological polar surface area (TPSA) is 65.4 Å². The van der Waals surface area contributed by atoms with Crippen molar-refractivity contribution in [1.29, 1.82) is 0 Å². The lowest BCUT2D eigenvalue weighted by Crippen LogP contribution is -2.49. The highest BCUT2D eigenvalue weighted by molar-refractivity contribution is 7.09. The van der Waals surface area contributed by atoms with E-state index < -0.39 is 0 Å². The normalized spacial score (nSPS) is 16.1. The monoisotopic (exact) mass is 414 g/mol. The minimum atomic E-state index is 0.110. The van der Waals surface area contributed by atoms with Crippen molar-refractivity contribution < 1.29 is 0 Å². The molecule has 0 amide bonds. The molecular weight excluding hydrogens is 380 g/mol. The predicted octanol–water partition coefficient (Wildman–Crippen LogP) is 3.60. The maximum absolute atomic E-state index is 4.79. The van der Waals surface area contributed by atoms with Gasteiger partial charge in [-0.15, -0.1) is 11.3 Å². The molecule has 0 spiro atoms. The fourth-order valence-corrected chi connectivity index (χ4v) is 4.35. The number of piperidine rings is 1. The Kier molecular flexibility index (Phi) is 7.47. The van der Waals surface area contributed by atoms with Crippen LogP contribution in [0, 0.1) is 0 Å². The van der Waals surface area contributed by atoms with E-state index in [9.17, 15) is 0 Å². The van der Waals surface area contributed by atoms with Crippen LogP contribution in [0.3, 0.4) is 0 Å². The summed E-state index contributed by atoms with van der Waals surface area (Å²) in [6.07, 6.45) is 4.92. The molecule has 158 valence electrons. The van der Waals surface area contributed by atoms with Crippen LogP contribution >= 0.6 is 11.3 Å². The fourth-order valence-electron chi connectivity index (χ4n) is 3.34. The molecule has 29 heavy (non-hydrogen) atoms. The first-order valence-electron chi connectivity index (χ1n) is 10.6. The highest BCUT2D eigenvalue weighted by atomic mass is 32.1. The van der Waals surface area contributed by atoms with Gasteiger partial charge in [0.2, 0.25) is 0 Å². The van der Waals surface area contributed by atoms with Crippen molar-refractivity contribution in [1.82, 2.24) is 20.6 Å². The van der Waals surface area contributed by atoms with E-state index in [1.54, 1.807) is 11.3 Å². The zero-order valence-corrected chi connectivity index (χ0v) is 18.9. The molecule has 6 nitrogen and oxygen atoms in total. The van der Waals surface area contributed by atoms with E-state index in [1.165, 1.54) is 5.69 Å². The number of thiazole rings is 1. The third-order valence-electron chi connectivity index (χ3n) is 5.07. The van der Waals surface area contributed by atoms with Crippen LogP contribution in [0.2, 0.25) is 0 Å². The summed E-state index contributed by atoms with van der Waals surface area (Å²) in [6, 6.07) is 6.55. The lowest BCUT2D eigenvalue weighted by Gasteiger charge is -2.33. The van der Waals surface area contributed by atoms with Crippen LogP contribution in [0.5, 0.6) is 0 Å². The molecule has 0 radical (unpaired) electrons. The lowest BCUT2D eigenvalue weighted by molar-refractivity contribution is 0.459. The Labute approximate surface area is 178 Å². The summed E-state index contributed by atoms with van der Waals surface area (Å²) in [7, 11) is 0. The van der Waals surface area contributed by atoms with Crippen molar-refractivity contribution in [2.24, 2.45) is 4.99 Å². The van der Waals surface area contributed by atoms with E-state index in [-0.39, 0.29) is 5.41 Å². The van der Waals surface area contributed by atoms with Crippen molar-refractivity contribution in [3.05, 3.63) is 40.5 Å². The van der Waals surface area contributed by atoms with Crippen LogP contribution in [0.4, 0.5) is 5.82 Å². The summed E-state index contributed by atoms with van der Waals surface area (Å²) in [6.45, 7) is 12.4. The SMILES string of the molecule is CCNC(=NCCc1nc(C(C)(C)C)cs1)NC1CCN(c2ccccn2)CC1. The fraction of sp³-hybridized carbons (Fsp3) is 0.591. The molecule has 2 N–H and O–H groups in total. The zero-order chi connectivity index (χ0) is 20.7. The number of aromatic nitrogens is 2. The number of aliphatic imine (C=N–C) groups is 1. The average molecular weight is 415 g/mol. The Balaban J connectivity index is 1.49. The van der Waals surface area contributed by atoms with Crippen LogP contribution in [-0.2, 0) is 11.8 Å². The number of rotatable bonds is 6. The number of pyridine rings is 1. The molecule has 2 aromatic heterocycles. The molecule has 1 fully saturated rings. The highest BCUT2D eigenvalue weighted by Crippen LogP contribution is 2.24. The molecule has 1 saturated heterocycles. The van der Waals surface area contributed by atoms with Crippen LogP contribution in [0.15, 0.2) is 34.8 Å². The summed E-state index contributed by atoms with van der Waals surface area (Å²) in [5.41, 5.74) is 1.28. The van der Waals surface area contributed by atoms with Crippen molar-refractivity contribution in [2.45, 2.75) is 58.4 Å². The third kappa shape index (κ3) is 6.42. The second kappa shape index (κ2) is 10.1. The van der Waals surface area contributed by atoms with Gasteiger partial charge in [-0.2, -0.15) is 0 Å². The molecule has 1 aliphatic rings. The van der Waals surface area contributed by atoms with Gasteiger partial charge in [-0.05, 0) is 31.9 Å². The molecule has 3 heterocycles. The Hall–Kier alpha value is -2.15. The van der Waals surface area contributed by atoms with Gasteiger partial charge in [-0.25, -0.2) is 9.97 Å². The first-order valence-corrected chi connectivity index (χ1v) is 11.5. The molecule has 1 aliphatic heterocycles. The van der Waals surface area contributed by atoms with Crippen molar-refractivity contribution in [2.75, 3.05) is 31.1 Å². The molecule has 0 unspecified atom stereocenters. The molecule has 0 saturated carbocycles. The quantitative estimate of drug-likeness (QED) is 0.558. The Morgan fingerprint density at radius 2 is 2.07 bits per heavy atom. The Morgan fingerprint density at radius 1 is 1.28 bits per heavy atom. The van der Waals surface area contributed by atoms with Crippen LogP contribution in [-0.4, -0.2) is 48.1 Å². The molecule has 0 aromatic carbocycles. The van der Waals surface area contributed by atoms with Crippen molar-refractivity contribution in [3.63, 3.8) is 0 Å². The Morgan fingerprint density at radius 3 is 2.69 bits per heavy atom. The highest BCUT2D eigenvalue weighted by Gasteiger charge is 2.21. The van der Waals surface area contributed by atoms with Gasteiger partial charge in [0, 0.05) is 55.6 Å². The van der Waals surface area contributed by atoms with Gasteiger partial charge < -0.3 is 15.5 Å². The number of nitrogens with zero attached hydrogens (tertiary/aromatic N) is 4. The maximum atomic E-state index is 4.79. The summed E-state index contributed by atoms with van der Waals surface area (Å²) < 4.78 is 0. The van der Waals surface area contributed by atoms with E-state index in [0.717, 1.165) is 62.2 Å². The van der Waals surface area contributed by atoms with Gasteiger partial charge in [0.25, 0.3) is 0 Å². The minimum absolute atomic E-state index is 0.110. The number of nitrogens with one attached hydrogen (secondary N) is 2. The predicted molar refractivity (Wildman–Crippen MR) is 123 cm³/mol. The van der Waals surface area contributed by atoms with Gasteiger partial charge in [0.15, 0.2) is 5.96 Å². The summed E-state index contributed by atoms with van der Waals surface area (Å²) in [4.78, 5) is 16.4. The number of guanidine groups is 1. The van der Waals surface area contributed by atoms with Gasteiger partial charge in [-0.1, -0.05) is 26.8 Å². The smallest absolute Gasteiger partial charge is 0.191 e. The molecular formula is C22H34N6S. The zero-order valence-electron chi connectivity index (χ0n) is 18.1. The molecule has 0 aliphatic carbocycles. The summed E-state index contributed by atoms with van der Waals surface area (Å²) in [5.74, 6) is 1.99. The van der Waals surface area contributed by atoms with Gasteiger partial charge in [0.1, 0.15) is 5.82 Å². The molecule has 7 heteroatoms. The average Bonchev–Trinajstić information content (AvgIpc) is 3.19. The molecule has 0 bridgehead atoms. The van der Waals surface area contributed by atoms with E-state index in [1.807, 2.05) is 12.3 Å². The van der Waals surface area contributed by atoms with Crippen LogP contribution in [0.1, 0.15) is 51.2 Å². The Bertz CT molecular complexity index is 772. The van der Waals surface area contributed by atoms with Crippen LogP contribution < -0.4 is 15.5 Å². The van der Waals surface area contributed by atoms with Gasteiger partial charge >= 0.3 is 0 Å². The summed E-state index contributed by atoms with van der Waals surface area (Å²) in [5, 5.41) is 10.3. The number of anilines is 1. The second-order valence-corrected chi connectivity index (χ2v) is 9.42. The minimum Gasteiger partial charge on any atom is -0.357 e. The maximum Gasteiger partial charge on any atom is 0.191 e.